The fraction of sp³-hybridized carbons (Fsp3) is 0.846. The van der Waals surface area contributed by atoms with Gasteiger partial charge in [0.25, 0.3) is 0 Å². The summed E-state index contributed by atoms with van der Waals surface area (Å²) in [6.45, 7) is 6.22. The lowest BCUT2D eigenvalue weighted by Gasteiger charge is -2.43. The summed E-state index contributed by atoms with van der Waals surface area (Å²) in [5, 5.41) is 2.84. The lowest BCUT2D eigenvalue weighted by molar-refractivity contribution is -0.149. The smallest absolute Gasteiger partial charge is 0.246 e. The average molecular weight is 270 g/mol. The van der Waals surface area contributed by atoms with Crippen LogP contribution in [-0.2, 0) is 9.59 Å². The molecule has 2 rings (SSSR count). The van der Waals surface area contributed by atoms with Gasteiger partial charge in [-0.3, -0.25) is 9.59 Å². The average Bonchev–Trinajstić information content (AvgIpc) is 2.31. The molecule has 2 aliphatic heterocycles. The van der Waals surface area contributed by atoms with Gasteiger partial charge in [-0.1, -0.05) is 20.8 Å². The SMILES string of the molecule is CC(C)(C)C1NC(=O)CN(C2CCCSC2)C1=O. The van der Waals surface area contributed by atoms with Gasteiger partial charge >= 0.3 is 0 Å². The summed E-state index contributed by atoms with van der Waals surface area (Å²) in [6, 6.07) is -0.141. The largest absolute Gasteiger partial charge is 0.342 e. The minimum atomic E-state index is -0.384. The highest BCUT2D eigenvalue weighted by Crippen LogP contribution is 2.28. The summed E-state index contributed by atoms with van der Waals surface area (Å²) in [5.74, 6) is 2.21. The number of nitrogens with one attached hydrogen (secondary N) is 1. The van der Waals surface area contributed by atoms with Gasteiger partial charge in [-0.15, -0.1) is 0 Å². The van der Waals surface area contributed by atoms with E-state index in [0.717, 1.165) is 18.6 Å². The monoisotopic (exact) mass is 270 g/mol. The Hall–Kier alpha value is -0.710. The van der Waals surface area contributed by atoms with Crippen LogP contribution in [0.3, 0.4) is 0 Å². The van der Waals surface area contributed by atoms with Crippen LogP contribution in [0.4, 0.5) is 0 Å². The van der Waals surface area contributed by atoms with Crippen molar-refractivity contribution in [2.75, 3.05) is 18.1 Å². The van der Waals surface area contributed by atoms with Crippen molar-refractivity contribution in [2.45, 2.75) is 45.7 Å². The Kier molecular flexibility index (Phi) is 3.90. The van der Waals surface area contributed by atoms with E-state index >= 15 is 0 Å². The van der Waals surface area contributed by atoms with Gasteiger partial charge in [-0.05, 0) is 24.0 Å². The number of hydrogen-bond donors (Lipinski definition) is 1. The van der Waals surface area contributed by atoms with Crippen LogP contribution in [0.15, 0.2) is 0 Å². The first-order chi connectivity index (χ1) is 8.39. The third-order valence-electron chi connectivity index (χ3n) is 3.59. The van der Waals surface area contributed by atoms with Crippen LogP contribution in [0.2, 0.25) is 0 Å². The molecular formula is C13H22N2O2S. The molecule has 18 heavy (non-hydrogen) atoms. The van der Waals surface area contributed by atoms with Gasteiger partial charge in [-0.25, -0.2) is 0 Å². The summed E-state index contributed by atoms with van der Waals surface area (Å²) in [7, 11) is 0. The zero-order chi connectivity index (χ0) is 13.3. The number of rotatable bonds is 1. The predicted molar refractivity (Wildman–Crippen MR) is 73.4 cm³/mol. The maximum absolute atomic E-state index is 12.5. The van der Waals surface area contributed by atoms with Crippen LogP contribution < -0.4 is 5.32 Å². The summed E-state index contributed by atoms with van der Waals surface area (Å²) in [5.41, 5.74) is -0.229. The maximum atomic E-state index is 12.5. The molecule has 0 aromatic heterocycles. The van der Waals surface area contributed by atoms with Gasteiger partial charge < -0.3 is 10.2 Å². The van der Waals surface area contributed by atoms with Gasteiger partial charge in [0.2, 0.25) is 11.8 Å². The molecule has 0 radical (unpaired) electrons. The molecule has 0 aliphatic carbocycles. The zero-order valence-electron chi connectivity index (χ0n) is 11.4. The van der Waals surface area contributed by atoms with E-state index in [2.05, 4.69) is 5.32 Å². The number of thioether (sulfide) groups is 1. The van der Waals surface area contributed by atoms with Gasteiger partial charge in [0.1, 0.15) is 6.04 Å². The number of hydrogen-bond acceptors (Lipinski definition) is 3. The minimum Gasteiger partial charge on any atom is -0.342 e. The normalized spacial score (nSPS) is 30.3. The van der Waals surface area contributed by atoms with E-state index < -0.39 is 0 Å². The van der Waals surface area contributed by atoms with Crippen LogP contribution in [0.1, 0.15) is 33.6 Å². The third kappa shape index (κ3) is 2.82. The molecule has 2 fully saturated rings. The molecule has 0 aromatic rings. The van der Waals surface area contributed by atoms with E-state index in [1.165, 1.54) is 5.75 Å². The second-order valence-corrected chi connectivity index (χ2v) is 7.35. The highest BCUT2D eigenvalue weighted by Gasteiger charge is 2.42. The molecule has 2 saturated heterocycles. The molecule has 0 aromatic carbocycles. The number of carbonyl (C=O) groups excluding carboxylic acids is 2. The van der Waals surface area contributed by atoms with Gasteiger partial charge in [0.15, 0.2) is 0 Å². The molecule has 2 atom stereocenters. The van der Waals surface area contributed by atoms with Crippen molar-refractivity contribution < 1.29 is 9.59 Å². The molecular weight excluding hydrogens is 248 g/mol. The van der Waals surface area contributed by atoms with Gasteiger partial charge in [0.05, 0.1) is 6.54 Å². The fourth-order valence-corrected chi connectivity index (χ4v) is 3.69. The molecule has 2 heterocycles. The molecule has 0 bridgehead atoms. The summed E-state index contributed by atoms with van der Waals surface area (Å²) < 4.78 is 0. The Morgan fingerprint density at radius 1 is 1.33 bits per heavy atom. The molecule has 102 valence electrons. The van der Waals surface area contributed by atoms with Crippen molar-refractivity contribution in [3.8, 4) is 0 Å². The van der Waals surface area contributed by atoms with E-state index in [-0.39, 0.29) is 35.9 Å². The third-order valence-corrected chi connectivity index (χ3v) is 4.79. The zero-order valence-corrected chi connectivity index (χ0v) is 12.2. The second-order valence-electron chi connectivity index (χ2n) is 6.20. The maximum Gasteiger partial charge on any atom is 0.246 e. The Morgan fingerprint density at radius 3 is 2.61 bits per heavy atom. The van der Waals surface area contributed by atoms with Crippen molar-refractivity contribution in [1.82, 2.24) is 10.2 Å². The molecule has 2 unspecified atom stereocenters. The first kappa shape index (κ1) is 13.7. The second kappa shape index (κ2) is 5.11. The van der Waals surface area contributed by atoms with Crippen LogP contribution in [-0.4, -0.2) is 46.8 Å². The molecule has 0 spiro atoms. The number of amides is 2. The topological polar surface area (TPSA) is 49.4 Å². The van der Waals surface area contributed by atoms with Crippen molar-refractivity contribution >= 4 is 23.6 Å². The van der Waals surface area contributed by atoms with E-state index in [1.807, 2.05) is 32.5 Å². The minimum absolute atomic E-state index is 0.0231. The van der Waals surface area contributed by atoms with E-state index in [9.17, 15) is 9.59 Å². The lowest BCUT2D eigenvalue weighted by Crippen LogP contribution is -2.64. The van der Waals surface area contributed by atoms with Crippen molar-refractivity contribution in [3.05, 3.63) is 0 Å². The lowest BCUT2D eigenvalue weighted by atomic mass is 9.84. The summed E-state index contributed by atoms with van der Waals surface area (Å²) in [6.07, 6.45) is 2.17. The van der Waals surface area contributed by atoms with Crippen molar-refractivity contribution in [2.24, 2.45) is 5.41 Å². The quantitative estimate of drug-likeness (QED) is 0.780. The molecule has 2 aliphatic rings. The predicted octanol–water partition coefficient (Wildman–Crippen LogP) is 1.26. The number of nitrogens with zero attached hydrogens (tertiary/aromatic N) is 1. The van der Waals surface area contributed by atoms with Crippen LogP contribution >= 0.6 is 11.8 Å². The van der Waals surface area contributed by atoms with Gasteiger partial charge in [0, 0.05) is 11.8 Å². The fourth-order valence-electron chi connectivity index (χ4n) is 2.53. The van der Waals surface area contributed by atoms with Crippen LogP contribution in [0.5, 0.6) is 0 Å². The highest BCUT2D eigenvalue weighted by atomic mass is 32.2. The van der Waals surface area contributed by atoms with Crippen molar-refractivity contribution in [1.29, 1.82) is 0 Å². The first-order valence-corrected chi connectivity index (χ1v) is 7.72. The van der Waals surface area contributed by atoms with Gasteiger partial charge in [-0.2, -0.15) is 11.8 Å². The highest BCUT2D eigenvalue weighted by molar-refractivity contribution is 7.99. The van der Waals surface area contributed by atoms with Crippen LogP contribution in [0.25, 0.3) is 0 Å². The van der Waals surface area contributed by atoms with Crippen LogP contribution in [0, 0.1) is 5.41 Å². The Labute approximate surface area is 113 Å². The molecule has 0 saturated carbocycles. The summed E-state index contributed by atoms with van der Waals surface area (Å²) in [4.78, 5) is 26.1. The summed E-state index contributed by atoms with van der Waals surface area (Å²) >= 11 is 1.88. The molecule has 4 nitrogen and oxygen atoms in total. The molecule has 1 N–H and O–H groups in total. The van der Waals surface area contributed by atoms with E-state index in [1.54, 1.807) is 4.90 Å². The first-order valence-electron chi connectivity index (χ1n) is 6.57. The Bertz CT molecular complexity index is 345. The van der Waals surface area contributed by atoms with Crippen molar-refractivity contribution in [3.63, 3.8) is 0 Å². The van der Waals surface area contributed by atoms with E-state index in [4.69, 9.17) is 0 Å². The van der Waals surface area contributed by atoms with E-state index in [0.29, 0.717) is 0 Å². The molecule has 2 amide bonds. The number of carbonyl (C=O) groups is 2. The number of piperazine rings is 1. The Morgan fingerprint density at radius 2 is 2.06 bits per heavy atom. The standard InChI is InChI=1S/C13H22N2O2S/c1-13(2,3)11-12(17)15(7-10(16)14-11)9-5-4-6-18-8-9/h9,11H,4-8H2,1-3H3,(H,14,16). The molecule has 5 heteroatoms. The Balaban J connectivity index is 2.14.